The van der Waals surface area contributed by atoms with Crippen molar-refractivity contribution in [3.05, 3.63) is 52.3 Å². The molecule has 120 valence electrons. The van der Waals surface area contributed by atoms with Crippen LogP contribution >= 0.6 is 0 Å². The maximum absolute atomic E-state index is 12.7. The average molecular weight is 312 g/mol. The number of allylic oxidation sites excluding steroid dienone is 4. The van der Waals surface area contributed by atoms with E-state index in [0.29, 0.717) is 16.9 Å². The molecule has 0 saturated carbocycles. The highest BCUT2D eigenvalue weighted by atomic mass is 16.5. The van der Waals surface area contributed by atoms with E-state index in [1.54, 1.807) is 39.2 Å². The summed E-state index contributed by atoms with van der Waals surface area (Å²) in [5.41, 5.74) is 0.858. The van der Waals surface area contributed by atoms with Gasteiger partial charge in [0.25, 0.3) is 0 Å². The number of rotatable bonds is 1. The van der Waals surface area contributed by atoms with E-state index in [-0.39, 0.29) is 11.5 Å². The maximum atomic E-state index is 12.7. The third-order valence-corrected chi connectivity index (χ3v) is 5.12. The lowest BCUT2D eigenvalue weighted by Crippen LogP contribution is -2.45. The fourth-order valence-electron chi connectivity index (χ4n) is 3.84. The van der Waals surface area contributed by atoms with Gasteiger partial charge in [-0.05, 0) is 57.0 Å². The van der Waals surface area contributed by atoms with Crippen LogP contribution in [0.3, 0.4) is 0 Å². The van der Waals surface area contributed by atoms with Gasteiger partial charge in [-0.1, -0.05) is 6.08 Å². The Kier molecular flexibility index (Phi) is 3.09. The second-order valence-electron chi connectivity index (χ2n) is 6.95. The molecule has 0 aromatic heterocycles. The molecule has 23 heavy (non-hydrogen) atoms. The van der Waals surface area contributed by atoms with Gasteiger partial charge in [0.15, 0.2) is 11.5 Å². The SMILES string of the molecule is COc1cc2c(cc1C)C(=O)C(O)=C1C(C)(C)C(=O)C=C[C@@]12C. The van der Waals surface area contributed by atoms with Crippen molar-refractivity contribution in [2.75, 3.05) is 7.11 Å². The molecule has 0 radical (unpaired) electrons. The molecule has 4 heteroatoms. The van der Waals surface area contributed by atoms with Crippen molar-refractivity contribution in [3.8, 4) is 5.75 Å². The molecule has 0 amide bonds. The van der Waals surface area contributed by atoms with Crippen LogP contribution in [-0.4, -0.2) is 23.8 Å². The number of ether oxygens (including phenoxy) is 1. The minimum atomic E-state index is -0.931. The van der Waals surface area contributed by atoms with Gasteiger partial charge in [0.1, 0.15) is 5.75 Å². The first-order chi connectivity index (χ1) is 10.6. The van der Waals surface area contributed by atoms with Gasteiger partial charge in [0, 0.05) is 16.6 Å². The normalized spacial score (nSPS) is 25.3. The molecule has 4 nitrogen and oxygen atoms in total. The highest BCUT2D eigenvalue weighted by Crippen LogP contribution is 2.52. The van der Waals surface area contributed by atoms with Gasteiger partial charge in [-0.3, -0.25) is 9.59 Å². The van der Waals surface area contributed by atoms with E-state index < -0.39 is 16.6 Å². The van der Waals surface area contributed by atoms with E-state index >= 15 is 0 Å². The molecule has 1 atom stereocenters. The lowest BCUT2D eigenvalue weighted by atomic mass is 9.57. The molecule has 2 aliphatic carbocycles. The van der Waals surface area contributed by atoms with Crippen molar-refractivity contribution >= 4 is 11.6 Å². The Morgan fingerprint density at radius 2 is 1.78 bits per heavy atom. The molecule has 0 aliphatic heterocycles. The number of benzene rings is 1. The highest BCUT2D eigenvalue weighted by molar-refractivity contribution is 6.13. The van der Waals surface area contributed by atoms with E-state index in [1.165, 1.54) is 0 Å². The number of ketones is 2. The second-order valence-corrected chi connectivity index (χ2v) is 6.95. The van der Waals surface area contributed by atoms with Gasteiger partial charge in [-0.25, -0.2) is 0 Å². The van der Waals surface area contributed by atoms with Crippen LogP contribution in [0, 0.1) is 12.3 Å². The Labute approximate surface area is 135 Å². The summed E-state index contributed by atoms with van der Waals surface area (Å²) in [6, 6.07) is 3.58. The van der Waals surface area contributed by atoms with Gasteiger partial charge in [0.05, 0.1) is 12.5 Å². The van der Waals surface area contributed by atoms with E-state index in [2.05, 4.69) is 0 Å². The van der Waals surface area contributed by atoms with Crippen LogP contribution in [-0.2, 0) is 10.2 Å². The standard InChI is InChI=1S/C19H20O4/c1-10-8-11-12(9-13(10)23-5)19(4)7-6-14(20)18(2,3)17(19)16(22)15(11)21/h6-9,22H,1-5H3/t19-/m1/s1. The summed E-state index contributed by atoms with van der Waals surface area (Å²) in [6.07, 6.45) is 3.31. The maximum Gasteiger partial charge on any atom is 0.227 e. The lowest BCUT2D eigenvalue weighted by Gasteiger charge is -2.44. The van der Waals surface area contributed by atoms with Crippen molar-refractivity contribution in [2.24, 2.45) is 5.41 Å². The Balaban J connectivity index is 2.41. The zero-order valence-corrected chi connectivity index (χ0v) is 14.0. The molecule has 0 saturated heterocycles. The number of aliphatic hydroxyl groups excluding tert-OH is 1. The smallest absolute Gasteiger partial charge is 0.227 e. The molecule has 0 bridgehead atoms. The Morgan fingerprint density at radius 1 is 1.13 bits per heavy atom. The van der Waals surface area contributed by atoms with Gasteiger partial charge in [-0.2, -0.15) is 0 Å². The fraction of sp³-hybridized carbons (Fsp3) is 0.368. The fourth-order valence-corrected chi connectivity index (χ4v) is 3.84. The van der Waals surface area contributed by atoms with E-state index in [9.17, 15) is 14.7 Å². The molecule has 0 fully saturated rings. The molecular weight excluding hydrogens is 292 g/mol. The van der Waals surface area contributed by atoms with Crippen LogP contribution in [0.25, 0.3) is 0 Å². The molecule has 1 aromatic rings. The Bertz CT molecular complexity index is 811. The van der Waals surface area contributed by atoms with E-state index in [0.717, 1.165) is 11.1 Å². The second kappa shape index (κ2) is 4.57. The van der Waals surface area contributed by atoms with Crippen molar-refractivity contribution < 1.29 is 19.4 Å². The van der Waals surface area contributed by atoms with Gasteiger partial charge in [0.2, 0.25) is 5.78 Å². The summed E-state index contributed by atoms with van der Waals surface area (Å²) in [6.45, 7) is 7.26. The summed E-state index contributed by atoms with van der Waals surface area (Å²) in [7, 11) is 1.58. The first-order valence-electron chi connectivity index (χ1n) is 7.56. The average Bonchev–Trinajstić information content (AvgIpc) is 2.49. The van der Waals surface area contributed by atoms with Crippen LogP contribution < -0.4 is 4.74 Å². The third-order valence-electron chi connectivity index (χ3n) is 5.12. The summed E-state index contributed by atoms with van der Waals surface area (Å²) in [5, 5.41) is 10.6. The van der Waals surface area contributed by atoms with E-state index in [1.807, 2.05) is 19.9 Å². The highest BCUT2D eigenvalue weighted by Gasteiger charge is 2.51. The predicted molar refractivity (Wildman–Crippen MR) is 87.0 cm³/mol. The van der Waals surface area contributed by atoms with Crippen molar-refractivity contribution in [3.63, 3.8) is 0 Å². The van der Waals surface area contributed by atoms with Gasteiger partial charge < -0.3 is 9.84 Å². The number of methoxy groups -OCH3 is 1. The Morgan fingerprint density at radius 3 is 2.39 bits per heavy atom. The van der Waals surface area contributed by atoms with Gasteiger partial charge in [-0.15, -0.1) is 0 Å². The van der Waals surface area contributed by atoms with Crippen molar-refractivity contribution in [2.45, 2.75) is 33.1 Å². The quantitative estimate of drug-likeness (QED) is 0.863. The van der Waals surface area contributed by atoms with Crippen LogP contribution in [0.4, 0.5) is 0 Å². The number of aliphatic hydroxyl groups is 1. The van der Waals surface area contributed by atoms with E-state index in [4.69, 9.17) is 4.74 Å². The monoisotopic (exact) mass is 312 g/mol. The number of hydrogen-bond acceptors (Lipinski definition) is 4. The molecule has 1 N–H and O–H groups in total. The predicted octanol–water partition coefficient (Wildman–Crippen LogP) is 3.43. The summed E-state index contributed by atoms with van der Waals surface area (Å²) < 4.78 is 5.39. The summed E-state index contributed by atoms with van der Waals surface area (Å²) in [5.74, 6) is -0.185. The van der Waals surface area contributed by atoms with Crippen LogP contribution in [0.15, 0.2) is 35.6 Å². The largest absolute Gasteiger partial charge is 0.504 e. The first kappa shape index (κ1) is 15.5. The molecule has 1 aromatic carbocycles. The lowest BCUT2D eigenvalue weighted by molar-refractivity contribution is -0.121. The van der Waals surface area contributed by atoms with Gasteiger partial charge >= 0.3 is 0 Å². The Hall–Kier alpha value is -2.36. The summed E-state index contributed by atoms with van der Waals surface area (Å²) in [4.78, 5) is 25.0. The van der Waals surface area contributed by atoms with Crippen LogP contribution in [0.5, 0.6) is 5.75 Å². The van der Waals surface area contributed by atoms with Crippen LogP contribution in [0.1, 0.15) is 42.3 Å². The molecule has 0 spiro atoms. The van der Waals surface area contributed by atoms with Crippen molar-refractivity contribution in [1.82, 2.24) is 0 Å². The minimum Gasteiger partial charge on any atom is -0.504 e. The third kappa shape index (κ3) is 1.84. The minimum absolute atomic E-state index is 0.119. The first-order valence-corrected chi connectivity index (χ1v) is 7.56. The topological polar surface area (TPSA) is 63.6 Å². The zero-order valence-electron chi connectivity index (χ0n) is 14.0. The van der Waals surface area contributed by atoms with Crippen LogP contribution in [0.2, 0.25) is 0 Å². The zero-order chi connectivity index (χ0) is 17.2. The number of carbonyl (C=O) groups is 2. The number of fused-ring (bicyclic) bond motifs is 3. The number of carbonyl (C=O) groups excluding carboxylic acids is 2. The molecular formula is C19H20O4. The number of Topliss-reactive ketones (excluding diaryl/α,β-unsaturated/α-hetero) is 1. The molecule has 3 rings (SSSR count). The van der Waals surface area contributed by atoms with Crippen molar-refractivity contribution in [1.29, 1.82) is 0 Å². The number of hydrogen-bond donors (Lipinski definition) is 1. The summed E-state index contributed by atoms with van der Waals surface area (Å²) >= 11 is 0. The number of aryl methyl sites for hydroxylation is 1. The molecule has 0 heterocycles. The molecule has 2 aliphatic rings. The molecule has 0 unspecified atom stereocenters.